The van der Waals surface area contributed by atoms with E-state index < -0.39 is 27.7 Å². The molecule has 0 aliphatic rings. The van der Waals surface area contributed by atoms with Gasteiger partial charge in [0.05, 0.1) is 11.9 Å². The molecule has 3 aromatic rings. The second-order valence-electron chi connectivity index (χ2n) is 5.64. The molecule has 0 aliphatic heterocycles. The summed E-state index contributed by atoms with van der Waals surface area (Å²) < 4.78 is 60.9. The van der Waals surface area contributed by atoms with Crippen LogP contribution in [-0.4, -0.2) is 30.4 Å². The molecule has 0 spiro atoms. The summed E-state index contributed by atoms with van der Waals surface area (Å²) in [6.45, 7) is 0. The predicted octanol–water partition coefficient (Wildman–Crippen LogP) is 3.06. The highest BCUT2D eigenvalue weighted by molar-refractivity contribution is 7.90. The second-order valence-corrected chi connectivity index (χ2v) is 7.70. The summed E-state index contributed by atoms with van der Waals surface area (Å²) in [6, 6.07) is 5.26. The summed E-state index contributed by atoms with van der Waals surface area (Å²) in [5.41, 5.74) is 0.433. The number of pyridine rings is 1. The number of nitrogens with one attached hydrogen (secondary N) is 2. The van der Waals surface area contributed by atoms with Gasteiger partial charge < -0.3 is 4.74 Å². The fraction of sp³-hybridized carbons (Fsp3) is 0.118. The van der Waals surface area contributed by atoms with Gasteiger partial charge in [-0.05, 0) is 29.8 Å². The molecule has 0 saturated carbocycles. The van der Waals surface area contributed by atoms with Crippen molar-refractivity contribution in [1.82, 2.24) is 19.7 Å². The summed E-state index contributed by atoms with van der Waals surface area (Å²) in [5, 5.41) is 0.215. The molecule has 29 heavy (non-hydrogen) atoms. The van der Waals surface area contributed by atoms with Crippen molar-refractivity contribution >= 4 is 27.6 Å². The molecule has 2 N–H and O–H groups in total. The number of hydrogen-bond donors (Lipinski definition) is 2. The van der Waals surface area contributed by atoms with Crippen molar-refractivity contribution in [2.24, 2.45) is 0 Å². The van der Waals surface area contributed by atoms with Crippen LogP contribution in [0.3, 0.4) is 0 Å². The number of nitrogens with zero attached hydrogens (tertiary/aromatic N) is 3. The first-order valence-electron chi connectivity index (χ1n) is 8.06. The topological polar surface area (TPSA) is 106 Å². The molecule has 3 rings (SSSR count). The summed E-state index contributed by atoms with van der Waals surface area (Å²) in [5.74, 6) is -2.09. The smallest absolute Gasteiger partial charge is 0.300 e. The van der Waals surface area contributed by atoms with Gasteiger partial charge in [-0.2, -0.15) is 8.42 Å². The van der Waals surface area contributed by atoms with Crippen molar-refractivity contribution in [3.8, 4) is 11.6 Å². The molecule has 12 heteroatoms. The van der Waals surface area contributed by atoms with Crippen LogP contribution in [0.25, 0.3) is 0 Å². The molecular weight excluding hydrogens is 428 g/mol. The minimum absolute atomic E-state index is 0.00528. The zero-order valence-corrected chi connectivity index (χ0v) is 16.4. The van der Waals surface area contributed by atoms with Crippen molar-refractivity contribution in [2.75, 3.05) is 11.8 Å². The Kier molecular flexibility index (Phi) is 6.20. The Hall–Kier alpha value is -2.89. The number of benzene rings is 1. The molecule has 0 fully saturated rings. The van der Waals surface area contributed by atoms with Crippen LogP contribution >= 0.6 is 11.6 Å². The lowest BCUT2D eigenvalue weighted by Crippen LogP contribution is -2.27. The van der Waals surface area contributed by atoms with Crippen LogP contribution in [0.2, 0.25) is 5.02 Å². The number of anilines is 1. The molecule has 0 unspecified atom stereocenters. The fourth-order valence-electron chi connectivity index (χ4n) is 2.26. The largest absolute Gasteiger partial charge is 0.434 e. The summed E-state index contributed by atoms with van der Waals surface area (Å²) in [7, 11) is -2.75. The quantitative estimate of drug-likeness (QED) is 0.583. The summed E-state index contributed by atoms with van der Waals surface area (Å²) >= 11 is 5.70. The first-order chi connectivity index (χ1) is 13.8. The van der Waals surface area contributed by atoms with Gasteiger partial charge in [0, 0.05) is 30.9 Å². The maximum absolute atomic E-state index is 14.6. The number of halogens is 3. The van der Waals surface area contributed by atoms with Gasteiger partial charge >= 0.3 is 0 Å². The molecule has 0 atom stereocenters. The fourth-order valence-corrected chi connectivity index (χ4v) is 2.91. The number of ether oxygens (including phenoxy) is 1. The van der Waals surface area contributed by atoms with Crippen LogP contribution in [0.15, 0.2) is 42.9 Å². The van der Waals surface area contributed by atoms with E-state index in [0.717, 1.165) is 6.07 Å². The van der Waals surface area contributed by atoms with Crippen LogP contribution in [-0.2, 0) is 16.6 Å². The Labute approximate surface area is 170 Å². The highest BCUT2D eigenvalue weighted by atomic mass is 35.5. The molecule has 0 saturated heterocycles. The van der Waals surface area contributed by atoms with E-state index in [4.69, 9.17) is 16.3 Å². The molecule has 0 radical (unpaired) electrons. The zero-order chi connectivity index (χ0) is 21.0. The first-order valence-corrected chi connectivity index (χ1v) is 9.92. The number of aromatic nitrogens is 3. The number of hydrogen-bond acceptors (Lipinski definition) is 6. The molecule has 2 heterocycles. The molecular formula is C17H14ClF2N5O3S. The standard InChI is InChI=1S/C17H14ClF2N5O3S/c1-21-29(26,27)25-17-16(20)10(4-5-23-17)6-12-8-22-9-15(24-12)28-14-3-2-11(18)7-13(14)19/h2-5,7-9,21H,6H2,1H3,(H,23,25). The lowest BCUT2D eigenvalue weighted by atomic mass is 10.1. The zero-order valence-electron chi connectivity index (χ0n) is 14.9. The molecule has 1 aromatic carbocycles. The van der Waals surface area contributed by atoms with Crippen LogP contribution in [0.1, 0.15) is 11.3 Å². The normalized spacial score (nSPS) is 11.3. The Morgan fingerprint density at radius 1 is 1.21 bits per heavy atom. The Morgan fingerprint density at radius 2 is 2.00 bits per heavy atom. The van der Waals surface area contributed by atoms with Crippen molar-refractivity contribution in [3.63, 3.8) is 0 Å². The van der Waals surface area contributed by atoms with Crippen molar-refractivity contribution < 1.29 is 21.9 Å². The average molecular weight is 442 g/mol. The van der Waals surface area contributed by atoms with E-state index in [1.54, 1.807) is 0 Å². The molecule has 0 aliphatic carbocycles. The van der Waals surface area contributed by atoms with Crippen LogP contribution in [0, 0.1) is 11.6 Å². The lowest BCUT2D eigenvalue weighted by Gasteiger charge is -2.10. The third kappa shape index (κ3) is 5.34. The molecule has 0 amide bonds. The first kappa shape index (κ1) is 20.8. The third-order valence-electron chi connectivity index (χ3n) is 3.61. The van der Waals surface area contributed by atoms with Crippen molar-refractivity contribution in [1.29, 1.82) is 0 Å². The van der Waals surface area contributed by atoms with E-state index >= 15 is 0 Å². The predicted molar refractivity (Wildman–Crippen MR) is 102 cm³/mol. The van der Waals surface area contributed by atoms with E-state index in [9.17, 15) is 17.2 Å². The monoisotopic (exact) mass is 441 g/mol. The Bertz CT molecular complexity index is 1150. The van der Waals surface area contributed by atoms with E-state index in [-0.39, 0.29) is 28.6 Å². The average Bonchev–Trinajstić information content (AvgIpc) is 2.67. The van der Waals surface area contributed by atoms with E-state index in [0.29, 0.717) is 5.69 Å². The van der Waals surface area contributed by atoms with Gasteiger partial charge in [0.15, 0.2) is 23.2 Å². The van der Waals surface area contributed by atoms with Gasteiger partial charge in [-0.1, -0.05) is 11.6 Å². The number of rotatable bonds is 7. The summed E-state index contributed by atoms with van der Waals surface area (Å²) in [6.07, 6.45) is 3.87. The van der Waals surface area contributed by atoms with Crippen molar-refractivity contribution in [3.05, 3.63) is 70.8 Å². The van der Waals surface area contributed by atoms with E-state index in [1.807, 2.05) is 9.44 Å². The van der Waals surface area contributed by atoms with E-state index in [1.165, 1.54) is 43.8 Å². The maximum Gasteiger partial charge on any atom is 0.300 e. The Morgan fingerprint density at radius 3 is 2.72 bits per heavy atom. The third-order valence-corrected chi connectivity index (χ3v) is 4.85. The van der Waals surface area contributed by atoms with Crippen LogP contribution in [0.4, 0.5) is 14.6 Å². The van der Waals surface area contributed by atoms with Crippen molar-refractivity contribution in [2.45, 2.75) is 6.42 Å². The summed E-state index contributed by atoms with van der Waals surface area (Å²) in [4.78, 5) is 11.8. The van der Waals surface area contributed by atoms with Crippen LogP contribution < -0.4 is 14.2 Å². The molecule has 2 aromatic heterocycles. The molecule has 152 valence electrons. The Balaban J connectivity index is 1.82. The van der Waals surface area contributed by atoms with Gasteiger partial charge in [0.2, 0.25) is 5.88 Å². The van der Waals surface area contributed by atoms with Gasteiger partial charge in [-0.15, -0.1) is 0 Å². The van der Waals surface area contributed by atoms with Gasteiger partial charge in [-0.25, -0.2) is 23.5 Å². The maximum atomic E-state index is 14.6. The van der Waals surface area contributed by atoms with Crippen LogP contribution in [0.5, 0.6) is 11.6 Å². The van der Waals surface area contributed by atoms with Gasteiger partial charge in [0.1, 0.15) is 0 Å². The van der Waals surface area contributed by atoms with E-state index in [2.05, 4.69) is 15.0 Å². The van der Waals surface area contributed by atoms with Gasteiger partial charge in [-0.3, -0.25) is 9.71 Å². The van der Waals surface area contributed by atoms with Gasteiger partial charge in [0.25, 0.3) is 10.2 Å². The highest BCUT2D eigenvalue weighted by Gasteiger charge is 2.16. The minimum atomic E-state index is -3.93. The molecule has 8 nitrogen and oxygen atoms in total. The highest BCUT2D eigenvalue weighted by Crippen LogP contribution is 2.26. The molecule has 0 bridgehead atoms. The second kappa shape index (κ2) is 8.64. The SMILES string of the molecule is CNS(=O)(=O)Nc1nccc(Cc2cncc(Oc3ccc(Cl)cc3F)n2)c1F. The lowest BCUT2D eigenvalue weighted by molar-refractivity contribution is 0.424. The minimum Gasteiger partial charge on any atom is -0.434 e.